The second kappa shape index (κ2) is 8.68. The summed E-state index contributed by atoms with van der Waals surface area (Å²) in [6.45, 7) is 4.05. The van der Waals surface area contributed by atoms with Crippen LogP contribution in [0.1, 0.15) is 37.3 Å². The van der Waals surface area contributed by atoms with Crippen molar-refractivity contribution in [1.82, 2.24) is 0 Å². The predicted octanol–water partition coefficient (Wildman–Crippen LogP) is 7.50. The van der Waals surface area contributed by atoms with Crippen LogP contribution in [0.2, 0.25) is 5.02 Å². The molecule has 0 N–H and O–H groups in total. The van der Waals surface area contributed by atoms with Crippen molar-refractivity contribution in [3.63, 3.8) is 0 Å². The molecule has 0 aliphatic heterocycles. The largest absolute Gasteiger partial charge is 0.454 e. The zero-order valence-electron chi connectivity index (χ0n) is 16.3. The quantitative estimate of drug-likeness (QED) is 0.382. The Balaban J connectivity index is 1.83. The molecule has 148 valence electrons. The summed E-state index contributed by atoms with van der Waals surface area (Å²) >= 11 is 5.99. The third-order valence-corrected chi connectivity index (χ3v) is 5.33. The van der Waals surface area contributed by atoms with Gasteiger partial charge in [-0.1, -0.05) is 42.6 Å². The van der Waals surface area contributed by atoms with Crippen molar-refractivity contribution in [1.29, 1.82) is 0 Å². The zero-order chi connectivity index (χ0) is 21.0. The van der Waals surface area contributed by atoms with Crippen LogP contribution < -0.4 is 4.74 Å². The molecule has 3 aromatic rings. The predicted molar refractivity (Wildman–Crippen MR) is 114 cm³/mol. The van der Waals surface area contributed by atoms with E-state index >= 15 is 0 Å². The molecular formula is C25H21ClF2O. The lowest BCUT2D eigenvalue weighted by Gasteiger charge is -2.28. The first-order valence-electron chi connectivity index (χ1n) is 9.27. The molecule has 0 aliphatic rings. The summed E-state index contributed by atoms with van der Waals surface area (Å²) in [5.41, 5.74) is 1.40. The minimum atomic E-state index is -0.504. The Bertz CT molecular complexity index is 1020. The molecule has 0 radical (unpaired) electrons. The van der Waals surface area contributed by atoms with E-state index in [9.17, 15) is 8.78 Å². The maximum absolute atomic E-state index is 14.3. The molecule has 0 saturated carbocycles. The van der Waals surface area contributed by atoms with Gasteiger partial charge in [-0.15, -0.1) is 6.42 Å². The molecule has 0 bridgehead atoms. The summed E-state index contributed by atoms with van der Waals surface area (Å²) in [5.74, 6) is 2.54. The van der Waals surface area contributed by atoms with Gasteiger partial charge in [0.05, 0.1) is 5.41 Å². The molecule has 4 heteroatoms. The highest BCUT2D eigenvalue weighted by molar-refractivity contribution is 6.30. The normalized spacial score (nSPS) is 13.9. The molecule has 0 heterocycles. The third-order valence-electron chi connectivity index (χ3n) is 5.08. The Morgan fingerprint density at radius 3 is 2.31 bits per heavy atom. The molecule has 2 unspecified atom stereocenters. The fourth-order valence-corrected chi connectivity index (χ4v) is 3.47. The standard InChI is InChI=1S/C25H21ClF2O/c1-4-25(3,19-6-8-20(26)9-7-19)16-17(2)18-5-14-23(28)24(15-18)29-22-12-10-21(27)11-13-22/h1,5-15,17H,16H2,2-3H3. The van der Waals surface area contributed by atoms with Gasteiger partial charge in [0, 0.05) is 5.02 Å². The highest BCUT2D eigenvalue weighted by Crippen LogP contribution is 2.37. The van der Waals surface area contributed by atoms with E-state index in [-0.39, 0.29) is 17.5 Å². The third kappa shape index (κ3) is 4.96. The van der Waals surface area contributed by atoms with Crippen molar-refractivity contribution >= 4 is 11.6 Å². The average molecular weight is 411 g/mol. The Morgan fingerprint density at radius 2 is 1.69 bits per heavy atom. The average Bonchev–Trinajstić information content (AvgIpc) is 2.71. The van der Waals surface area contributed by atoms with Crippen molar-refractivity contribution in [2.75, 3.05) is 0 Å². The summed E-state index contributed by atoms with van der Waals surface area (Å²) in [6, 6.07) is 17.7. The van der Waals surface area contributed by atoms with E-state index in [4.69, 9.17) is 22.8 Å². The van der Waals surface area contributed by atoms with Crippen LogP contribution in [0.25, 0.3) is 0 Å². The summed E-state index contributed by atoms with van der Waals surface area (Å²) in [7, 11) is 0. The lowest BCUT2D eigenvalue weighted by Crippen LogP contribution is -2.22. The van der Waals surface area contributed by atoms with E-state index < -0.39 is 11.2 Å². The molecule has 3 aromatic carbocycles. The summed E-state index contributed by atoms with van der Waals surface area (Å²) in [4.78, 5) is 0. The molecule has 3 rings (SSSR count). The molecule has 0 spiro atoms. The number of terminal acetylenes is 1. The number of halogens is 3. The maximum Gasteiger partial charge on any atom is 0.165 e. The first-order valence-corrected chi connectivity index (χ1v) is 9.65. The summed E-state index contributed by atoms with van der Waals surface area (Å²) in [6.07, 6.45) is 6.53. The van der Waals surface area contributed by atoms with Crippen LogP contribution in [0.4, 0.5) is 8.78 Å². The van der Waals surface area contributed by atoms with Gasteiger partial charge in [0.2, 0.25) is 0 Å². The number of benzene rings is 3. The van der Waals surface area contributed by atoms with Gasteiger partial charge in [-0.25, -0.2) is 8.78 Å². The minimum Gasteiger partial charge on any atom is -0.454 e. The molecule has 2 atom stereocenters. The Hall–Kier alpha value is -2.83. The van der Waals surface area contributed by atoms with Crippen LogP contribution in [-0.4, -0.2) is 0 Å². The fourth-order valence-electron chi connectivity index (χ4n) is 3.34. The van der Waals surface area contributed by atoms with Crippen molar-refractivity contribution in [3.05, 3.63) is 94.5 Å². The number of hydrogen-bond acceptors (Lipinski definition) is 1. The van der Waals surface area contributed by atoms with Gasteiger partial charge >= 0.3 is 0 Å². The van der Waals surface area contributed by atoms with Crippen LogP contribution in [0.3, 0.4) is 0 Å². The Morgan fingerprint density at radius 1 is 1.03 bits per heavy atom. The van der Waals surface area contributed by atoms with Crippen molar-refractivity contribution < 1.29 is 13.5 Å². The molecule has 0 saturated heterocycles. The van der Waals surface area contributed by atoms with Crippen LogP contribution in [-0.2, 0) is 5.41 Å². The van der Waals surface area contributed by atoms with Gasteiger partial charge in [-0.3, -0.25) is 0 Å². The topological polar surface area (TPSA) is 9.23 Å². The smallest absolute Gasteiger partial charge is 0.165 e. The van der Waals surface area contributed by atoms with Crippen molar-refractivity contribution in [2.24, 2.45) is 0 Å². The minimum absolute atomic E-state index is 0.0443. The fraction of sp³-hybridized carbons (Fsp3) is 0.200. The lowest BCUT2D eigenvalue weighted by molar-refractivity contribution is 0.437. The summed E-state index contributed by atoms with van der Waals surface area (Å²) in [5, 5.41) is 0.655. The van der Waals surface area contributed by atoms with Crippen LogP contribution in [0, 0.1) is 24.0 Å². The van der Waals surface area contributed by atoms with E-state index in [1.165, 1.54) is 30.3 Å². The van der Waals surface area contributed by atoms with E-state index in [0.717, 1.165) is 11.1 Å². The monoisotopic (exact) mass is 410 g/mol. The molecule has 1 nitrogen and oxygen atoms in total. The van der Waals surface area contributed by atoms with E-state index in [2.05, 4.69) is 5.92 Å². The Kier molecular flexibility index (Phi) is 6.25. The first kappa shape index (κ1) is 20.9. The molecular weight excluding hydrogens is 390 g/mol. The first-order chi connectivity index (χ1) is 13.8. The van der Waals surface area contributed by atoms with Crippen molar-refractivity contribution in [2.45, 2.75) is 31.6 Å². The molecule has 0 aromatic heterocycles. The molecule has 0 aliphatic carbocycles. The number of rotatable bonds is 6. The number of ether oxygens (including phenoxy) is 1. The van der Waals surface area contributed by atoms with Gasteiger partial charge < -0.3 is 4.74 Å². The van der Waals surface area contributed by atoms with E-state index in [1.54, 1.807) is 12.1 Å². The van der Waals surface area contributed by atoms with Gasteiger partial charge in [-0.2, -0.15) is 0 Å². The van der Waals surface area contributed by atoms with E-state index in [0.29, 0.717) is 17.2 Å². The highest BCUT2D eigenvalue weighted by Gasteiger charge is 2.27. The number of hydrogen-bond donors (Lipinski definition) is 0. The Labute approximate surface area is 175 Å². The van der Waals surface area contributed by atoms with E-state index in [1.807, 2.05) is 38.1 Å². The van der Waals surface area contributed by atoms with Crippen LogP contribution in [0.15, 0.2) is 66.7 Å². The maximum atomic E-state index is 14.3. The molecule has 0 fully saturated rings. The van der Waals surface area contributed by atoms with Crippen LogP contribution >= 0.6 is 11.6 Å². The second-order valence-corrected chi connectivity index (χ2v) is 7.77. The van der Waals surface area contributed by atoms with Gasteiger partial charge in [0.1, 0.15) is 11.6 Å². The van der Waals surface area contributed by atoms with Crippen molar-refractivity contribution in [3.8, 4) is 23.8 Å². The van der Waals surface area contributed by atoms with Gasteiger partial charge in [0.15, 0.2) is 11.6 Å². The van der Waals surface area contributed by atoms with Gasteiger partial charge in [0.25, 0.3) is 0 Å². The SMILES string of the molecule is C#CC(C)(CC(C)c1ccc(F)c(Oc2ccc(F)cc2)c1)c1ccc(Cl)cc1. The second-order valence-electron chi connectivity index (χ2n) is 7.33. The molecule has 0 amide bonds. The van der Waals surface area contributed by atoms with Gasteiger partial charge in [-0.05, 0) is 78.9 Å². The lowest BCUT2D eigenvalue weighted by atomic mass is 9.75. The van der Waals surface area contributed by atoms with Crippen LogP contribution in [0.5, 0.6) is 11.5 Å². The summed E-state index contributed by atoms with van der Waals surface area (Å²) < 4.78 is 32.9. The molecule has 29 heavy (non-hydrogen) atoms. The highest BCUT2D eigenvalue weighted by atomic mass is 35.5. The zero-order valence-corrected chi connectivity index (χ0v) is 17.0.